The number of esters is 1. The lowest BCUT2D eigenvalue weighted by Crippen LogP contribution is -2.34. The molecule has 1 fully saturated rings. The SMILES string of the molecule is Cc1nc(CC2CCN(c3ccc(O)cc3)CC2)nc(C(=O)OC(C)(C)C)c1OCc1ccccc1.Cl. The first-order chi connectivity index (χ1) is 17.2. The van der Waals surface area contributed by atoms with Crippen molar-refractivity contribution < 1.29 is 19.4 Å². The molecule has 0 amide bonds. The van der Waals surface area contributed by atoms with Gasteiger partial charge in [0.1, 0.15) is 23.8 Å². The van der Waals surface area contributed by atoms with Crippen LogP contribution in [0.15, 0.2) is 54.6 Å². The van der Waals surface area contributed by atoms with Gasteiger partial charge >= 0.3 is 5.97 Å². The van der Waals surface area contributed by atoms with E-state index in [1.165, 1.54) is 0 Å². The topological polar surface area (TPSA) is 84.8 Å². The smallest absolute Gasteiger partial charge is 0.361 e. The summed E-state index contributed by atoms with van der Waals surface area (Å²) in [5, 5.41) is 9.54. The van der Waals surface area contributed by atoms with Gasteiger partial charge in [-0.3, -0.25) is 0 Å². The number of carbonyl (C=O) groups excluding carboxylic acids is 1. The Kier molecular flexibility index (Phi) is 9.38. The molecule has 37 heavy (non-hydrogen) atoms. The number of nitrogens with zero attached hydrogens (tertiary/aromatic N) is 3. The van der Waals surface area contributed by atoms with E-state index in [4.69, 9.17) is 14.5 Å². The van der Waals surface area contributed by atoms with Crippen LogP contribution in [0.25, 0.3) is 0 Å². The fraction of sp³-hybridized carbons (Fsp3) is 0.414. The predicted octanol–water partition coefficient (Wildman–Crippen LogP) is 5.91. The summed E-state index contributed by atoms with van der Waals surface area (Å²) in [6.45, 7) is 9.53. The highest BCUT2D eigenvalue weighted by molar-refractivity contribution is 5.91. The van der Waals surface area contributed by atoms with Gasteiger partial charge in [0.25, 0.3) is 0 Å². The second kappa shape index (κ2) is 12.3. The van der Waals surface area contributed by atoms with Crippen LogP contribution in [0.1, 0.15) is 61.2 Å². The summed E-state index contributed by atoms with van der Waals surface area (Å²) in [7, 11) is 0. The molecule has 7 nitrogen and oxygen atoms in total. The Bertz CT molecular complexity index is 1170. The number of carbonyl (C=O) groups is 1. The number of anilines is 1. The van der Waals surface area contributed by atoms with Gasteiger partial charge < -0.3 is 19.5 Å². The van der Waals surface area contributed by atoms with E-state index in [2.05, 4.69) is 9.88 Å². The second-order valence-electron chi connectivity index (χ2n) is 10.3. The van der Waals surface area contributed by atoms with Crippen LogP contribution >= 0.6 is 12.4 Å². The Morgan fingerprint density at radius 3 is 2.30 bits per heavy atom. The molecule has 1 aromatic heterocycles. The van der Waals surface area contributed by atoms with Crippen molar-refractivity contribution >= 4 is 24.1 Å². The molecule has 3 aromatic rings. The fourth-order valence-electron chi connectivity index (χ4n) is 4.40. The van der Waals surface area contributed by atoms with E-state index in [-0.39, 0.29) is 23.9 Å². The van der Waals surface area contributed by atoms with Gasteiger partial charge in [-0.1, -0.05) is 30.3 Å². The van der Waals surface area contributed by atoms with E-state index < -0.39 is 11.6 Å². The normalized spacial score (nSPS) is 14.1. The zero-order valence-corrected chi connectivity index (χ0v) is 22.8. The third kappa shape index (κ3) is 7.83. The quantitative estimate of drug-likeness (QED) is 0.384. The number of halogens is 1. The van der Waals surface area contributed by atoms with E-state index >= 15 is 0 Å². The number of phenols is 1. The number of piperidine rings is 1. The van der Waals surface area contributed by atoms with Crippen LogP contribution in [-0.4, -0.2) is 39.7 Å². The third-order valence-corrected chi connectivity index (χ3v) is 6.20. The number of hydrogen-bond acceptors (Lipinski definition) is 7. The van der Waals surface area contributed by atoms with Crippen LogP contribution in [0.5, 0.6) is 11.5 Å². The van der Waals surface area contributed by atoms with Gasteiger partial charge in [-0.25, -0.2) is 14.8 Å². The van der Waals surface area contributed by atoms with Crippen molar-refractivity contribution in [2.45, 2.75) is 59.2 Å². The van der Waals surface area contributed by atoms with Crippen molar-refractivity contribution in [1.82, 2.24) is 9.97 Å². The van der Waals surface area contributed by atoms with Crippen LogP contribution in [0, 0.1) is 12.8 Å². The van der Waals surface area contributed by atoms with Crippen molar-refractivity contribution in [3.8, 4) is 11.5 Å². The number of phenolic OH excluding ortho intramolecular Hbond substituents is 1. The average molecular weight is 526 g/mol. The van der Waals surface area contributed by atoms with Crippen molar-refractivity contribution in [2.24, 2.45) is 5.92 Å². The van der Waals surface area contributed by atoms with Gasteiger partial charge in [0.2, 0.25) is 0 Å². The predicted molar refractivity (Wildman–Crippen MR) is 147 cm³/mol. The van der Waals surface area contributed by atoms with Crippen LogP contribution in [0.4, 0.5) is 5.69 Å². The molecule has 0 bridgehead atoms. The summed E-state index contributed by atoms with van der Waals surface area (Å²) in [6.07, 6.45) is 2.69. The molecular formula is C29H36ClN3O4. The van der Waals surface area contributed by atoms with Crippen LogP contribution in [0.3, 0.4) is 0 Å². The minimum absolute atomic E-state index is 0. The second-order valence-corrected chi connectivity index (χ2v) is 10.3. The third-order valence-electron chi connectivity index (χ3n) is 6.20. The molecule has 1 aliphatic rings. The molecule has 2 aromatic carbocycles. The summed E-state index contributed by atoms with van der Waals surface area (Å²) < 4.78 is 11.7. The van der Waals surface area contributed by atoms with Crippen molar-refractivity contribution in [3.05, 3.63) is 77.4 Å². The van der Waals surface area contributed by atoms with Crippen LogP contribution < -0.4 is 9.64 Å². The van der Waals surface area contributed by atoms with Crippen molar-refractivity contribution in [1.29, 1.82) is 0 Å². The molecule has 0 radical (unpaired) electrons. The molecule has 0 spiro atoms. The number of aromatic hydroxyl groups is 1. The minimum Gasteiger partial charge on any atom is -0.508 e. The van der Waals surface area contributed by atoms with Gasteiger partial charge in [0.05, 0.1) is 5.69 Å². The Hall–Kier alpha value is -3.32. The van der Waals surface area contributed by atoms with E-state index in [0.717, 1.165) is 37.2 Å². The molecule has 1 N–H and O–H groups in total. The van der Waals surface area contributed by atoms with Crippen LogP contribution in [-0.2, 0) is 17.8 Å². The number of ether oxygens (including phenoxy) is 2. The molecule has 198 valence electrons. The molecule has 4 rings (SSSR count). The van der Waals surface area contributed by atoms with Gasteiger partial charge in [-0.2, -0.15) is 0 Å². The molecule has 0 atom stereocenters. The lowest BCUT2D eigenvalue weighted by molar-refractivity contribution is 0.00572. The molecule has 0 saturated carbocycles. The monoisotopic (exact) mass is 525 g/mol. The summed E-state index contributed by atoms with van der Waals surface area (Å²) in [5.41, 5.74) is 2.29. The maximum Gasteiger partial charge on any atom is 0.361 e. The first-order valence-electron chi connectivity index (χ1n) is 12.5. The van der Waals surface area contributed by atoms with Crippen molar-refractivity contribution in [2.75, 3.05) is 18.0 Å². The lowest BCUT2D eigenvalue weighted by atomic mass is 9.93. The average Bonchev–Trinajstić information content (AvgIpc) is 2.84. The Morgan fingerprint density at radius 2 is 1.68 bits per heavy atom. The van der Waals surface area contributed by atoms with Gasteiger partial charge in [-0.05, 0) is 76.3 Å². The van der Waals surface area contributed by atoms with E-state index in [1.807, 2.05) is 70.2 Å². The van der Waals surface area contributed by atoms with Gasteiger partial charge in [0, 0.05) is 25.2 Å². The highest BCUT2D eigenvalue weighted by atomic mass is 35.5. The van der Waals surface area contributed by atoms with Gasteiger partial charge in [-0.15, -0.1) is 12.4 Å². The molecule has 2 heterocycles. The maximum atomic E-state index is 13.1. The Labute approximate surface area is 225 Å². The maximum absolute atomic E-state index is 13.1. The standard InChI is InChI=1S/C29H35N3O4.ClH/c1-20-27(35-19-22-8-6-5-7-9-22)26(28(34)36-29(2,3)4)31-25(30-20)18-21-14-16-32(17-15-21)23-10-12-24(33)13-11-23;/h5-13,21,33H,14-19H2,1-4H3;1H. The van der Waals surface area contributed by atoms with E-state index in [1.54, 1.807) is 12.1 Å². The summed E-state index contributed by atoms with van der Waals surface area (Å²) in [5.74, 6) is 1.21. The van der Waals surface area contributed by atoms with Gasteiger partial charge in [0.15, 0.2) is 11.4 Å². The zero-order chi connectivity index (χ0) is 25.7. The largest absolute Gasteiger partial charge is 0.508 e. The highest BCUT2D eigenvalue weighted by Gasteiger charge is 2.27. The van der Waals surface area contributed by atoms with E-state index in [0.29, 0.717) is 36.2 Å². The number of benzene rings is 2. The molecule has 1 aliphatic heterocycles. The lowest BCUT2D eigenvalue weighted by Gasteiger charge is -2.33. The first kappa shape index (κ1) is 28.3. The first-order valence-corrected chi connectivity index (χ1v) is 12.5. The fourth-order valence-corrected chi connectivity index (χ4v) is 4.40. The molecule has 0 unspecified atom stereocenters. The molecular weight excluding hydrogens is 490 g/mol. The molecule has 0 aliphatic carbocycles. The number of rotatable bonds is 7. The number of hydrogen-bond donors (Lipinski definition) is 1. The highest BCUT2D eigenvalue weighted by Crippen LogP contribution is 2.29. The summed E-state index contributed by atoms with van der Waals surface area (Å²) >= 11 is 0. The number of aryl methyl sites for hydroxylation is 1. The minimum atomic E-state index is -0.645. The molecule has 8 heteroatoms. The number of aromatic nitrogens is 2. The Morgan fingerprint density at radius 1 is 1.03 bits per heavy atom. The summed E-state index contributed by atoms with van der Waals surface area (Å²) in [4.78, 5) is 24.8. The summed E-state index contributed by atoms with van der Waals surface area (Å²) in [6, 6.07) is 17.1. The zero-order valence-electron chi connectivity index (χ0n) is 21.9. The van der Waals surface area contributed by atoms with Crippen LogP contribution in [0.2, 0.25) is 0 Å². The van der Waals surface area contributed by atoms with Crippen molar-refractivity contribution in [3.63, 3.8) is 0 Å². The van der Waals surface area contributed by atoms with E-state index in [9.17, 15) is 9.90 Å². The molecule has 1 saturated heterocycles. The Balaban J connectivity index is 0.00000380.